The molecule has 0 aromatic rings. The van der Waals surface area contributed by atoms with Crippen LogP contribution < -0.4 is 0 Å². The van der Waals surface area contributed by atoms with Crippen LogP contribution in [0.5, 0.6) is 0 Å². The van der Waals surface area contributed by atoms with Crippen LogP contribution >= 0.6 is 0 Å². The third kappa shape index (κ3) is 4.55. The zero-order chi connectivity index (χ0) is 18.8. The van der Waals surface area contributed by atoms with Gasteiger partial charge in [-0.1, -0.05) is 0 Å². The van der Waals surface area contributed by atoms with Gasteiger partial charge in [-0.25, -0.2) is 0 Å². The van der Waals surface area contributed by atoms with E-state index < -0.39 is 0 Å². The molecule has 0 aliphatic heterocycles. The van der Waals surface area contributed by atoms with Crippen molar-refractivity contribution in [2.45, 2.75) is 12.8 Å². The third-order valence-corrected chi connectivity index (χ3v) is 3.49. The molecule has 0 bridgehead atoms. The van der Waals surface area contributed by atoms with Crippen molar-refractivity contribution in [1.82, 2.24) is 0 Å². The summed E-state index contributed by atoms with van der Waals surface area (Å²) in [7, 11) is 0. The summed E-state index contributed by atoms with van der Waals surface area (Å²) in [5.74, 6) is 0. The molecule has 2 aliphatic carbocycles. The lowest BCUT2D eigenvalue weighted by atomic mass is 9.92. The normalized spacial score (nSPS) is 21.7. The van der Waals surface area contributed by atoms with E-state index in [2.05, 4.69) is 20.0 Å². The molecule has 0 spiro atoms. The van der Waals surface area contributed by atoms with Crippen molar-refractivity contribution in [2.24, 2.45) is 20.0 Å². The van der Waals surface area contributed by atoms with Gasteiger partial charge in [0.15, 0.2) is 0 Å². The highest BCUT2D eigenvalue weighted by Gasteiger charge is 2.15. The van der Waals surface area contributed by atoms with E-state index in [-0.39, 0.29) is 0 Å². The van der Waals surface area contributed by atoms with E-state index >= 15 is 0 Å². The van der Waals surface area contributed by atoms with Crippen LogP contribution in [0.1, 0.15) is 12.8 Å². The summed E-state index contributed by atoms with van der Waals surface area (Å²) < 4.78 is 0. The van der Waals surface area contributed by atoms with E-state index in [9.17, 15) is 0 Å². The van der Waals surface area contributed by atoms with Crippen LogP contribution in [-0.2, 0) is 0 Å². The SMILES string of the molecule is N#CN=C1C=CC(=NC#N)C(CCC2=CC(=NC#N)C=CC2=NC#N)=C1. The number of allylic oxidation sites excluding steroid dienone is 8. The van der Waals surface area contributed by atoms with Crippen molar-refractivity contribution in [3.63, 3.8) is 0 Å². The Balaban J connectivity index is 2.29. The molecule has 0 amide bonds. The lowest BCUT2D eigenvalue weighted by Crippen LogP contribution is -2.12. The summed E-state index contributed by atoms with van der Waals surface area (Å²) in [6.07, 6.45) is 17.7. The fraction of sp³-hybridized carbons (Fsp3) is 0.111. The van der Waals surface area contributed by atoms with Gasteiger partial charge in [-0.3, -0.25) is 0 Å². The molecule has 0 heterocycles. The first-order valence-corrected chi connectivity index (χ1v) is 7.37. The van der Waals surface area contributed by atoms with Crippen LogP contribution in [0.25, 0.3) is 0 Å². The Kier molecular flexibility index (Phi) is 6.23. The molecule has 2 aliphatic rings. The summed E-state index contributed by atoms with van der Waals surface area (Å²) in [4.78, 5) is 14.9. The predicted molar refractivity (Wildman–Crippen MR) is 95.9 cm³/mol. The van der Waals surface area contributed by atoms with Gasteiger partial charge in [0.2, 0.25) is 24.8 Å². The fourth-order valence-corrected chi connectivity index (χ4v) is 2.39. The van der Waals surface area contributed by atoms with Crippen molar-refractivity contribution in [3.05, 3.63) is 47.6 Å². The van der Waals surface area contributed by atoms with Gasteiger partial charge in [-0.15, -0.1) is 0 Å². The molecule has 8 heteroatoms. The van der Waals surface area contributed by atoms with Crippen LogP contribution in [0.3, 0.4) is 0 Å². The van der Waals surface area contributed by atoms with Crippen molar-refractivity contribution >= 4 is 22.8 Å². The second-order valence-corrected chi connectivity index (χ2v) is 4.97. The maximum absolute atomic E-state index is 8.83. The molecular weight excluding hydrogens is 328 g/mol. The minimum absolute atomic E-state index is 0.467. The van der Waals surface area contributed by atoms with E-state index in [1.54, 1.807) is 61.2 Å². The first kappa shape index (κ1) is 17.9. The molecule has 0 radical (unpaired) electrons. The summed E-state index contributed by atoms with van der Waals surface area (Å²) in [5.41, 5.74) is 3.37. The Hall–Kier alpha value is -4.40. The number of aliphatic imine (C=N–C) groups is 4. The van der Waals surface area contributed by atoms with Gasteiger partial charge in [-0.2, -0.15) is 41.0 Å². The van der Waals surface area contributed by atoms with Gasteiger partial charge in [0.05, 0.1) is 22.8 Å². The molecule has 0 unspecified atom stereocenters. The summed E-state index contributed by atoms with van der Waals surface area (Å²) in [6, 6.07) is 0. The highest BCUT2D eigenvalue weighted by molar-refractivity contribution is 6.23. The molecule has 0 saturated heterocycles. The standard InChI is InChI=1S/C18H10N8/c19-9-23-15-3-5-17(25-11-21)13(7-15)1-2-14-8-16(24-10-20)4-6-18(14)26-12-22/h3-8H,1-2H2. The monoisotopic (exact) mass is 338 g/mol. The van der Waals surface area contributed by atoms with Gasteiger partial charge in [0, 0.05) is 0 Å². The number of nitrogens with zero attached hydrogens (tertiary/aromatic N) is 8. The molecule has 0 saturated carbocycles. The number of nitriles is 4. The minimum Gasteiger partial charge on any atom is -0.174 e. The number of hydrogen-bond acceptors (Lipinski definition) is 8. The Bertz CT molecular complexity index is 931. The van der Waals surface area contributed by atoms with Crippen molar-refractivity contribution in [3.8, 4) is 24.8 Å². The first-order valence-electron chi connectivity index (χ1n) is 7.37. The Morgan fingerprint density at radius 3 is 1.31 bits per heavy atom. The van der Waals surface area contributed by atoms with E-state index in [0.717, 1.165) is 11.1 Å². The maximum Gasteiger partial charge on any atom is 0.206 e. The summed E-state index contributed by atoms with van der Waals surface area (Å²) in [6.45, 7) is 0. The number of hydrogen-bond donors (Lipinski definition) is 0. The molecule has 122 valence electrons. The predicted octanol–water partition coefficient (Wildman–Crippen LogP) is 2.45. The van der Waals surface area contributed by atoms with E-state index in [1.165, 1.54) is 0 Å². The molecule has 0 aromatic carbocycles. The third-order valence-electron chi connectivity index (χ3n) is 3.49. The second kappa shape index (κ2) is 9.03. The zero-order valence-electron chi connectivity index (χ0n) is 13.5. The molecule has 26 heavy (non-hydrogen) atoms. The van der Waals surface area contributed by atoms with Gasteiger partial charge in [0.25, 0.3) is 0 Å². The average molecular weight is 338 g/mol. The zero-order valence-corrected chi connectivity index (χ0v) is 13.5. The highest BCUT2D eigenvalue weighted by Crippen LogP contribution is 2.21. The Morgan fingerprint density at radius 2 is 0.962 bits per heavy atom. The second-order valence-electron chi connectivity index (χ2n) is 4.97. The number of rotatable bonds is 3. The van der Waals surface area contributed by atoms with Gasteiger partial charge in [-0.05, 0) is 60.4 Å². The molecule has 2 rings (SSSR count). The molecular formula is C18H10N8. The molecule has 0 N–H and O–H groups in total. The van der Waals surface area contributed by atoms with E-state index in [0.29, 0.717) is 35.7 Å². The van der Waals surface area contributed by atoms with Gasteiger partial charge in [0.1, 0.15) is 0 Å². The first-order chi connectivity index (χ1) is 12.7. The smallest absolute Gasteiger partial charge is 0.174 e. The van der Waals surface area contributed by atoms with Crippen LogP contribution in [0.4, 0.5) is 0 Å². The van der Waals surface area contributed by atoms with Crippen LogP contribution in [0, 0.1) is 45.8 Å². The minimum atomic E-state index is 0.467. The Labute approximate surface area is 149 Å². The molecule has 0 atom stereocenters. The average Bonchev–Trinajstić information content (AvgIpc) is 2.64. The lowest BCUT2D eigenvalue weighted by Gasteiger charge is -2.14. The van der Waals surface area contributed by atoms with Crippen molar-refractivity contribution in [2.75, 3.05) is 0 Å². The van der Waals surface area contributed by atoms with Crippen molar-refractivity contribution in [1.29, 1.82) is 21.0 Å². The Morgan fingerprint density at radius 1 is 0.577 bits per heavy atom. The van der Waals surface area contributed by atoms with E-state index in [4.69, 9.17) is 21.0 Å². The topological polar surface area (TPSA) is 145 Å². The van der Waals surface area contributed by atoms with Crippen LogP contribution in [-0.4, -0.2) is 22.8 Å². The fourth-order valence-electron chi connectivity index (χ4n) is 2.39. The molecule has 0 fully saturated rings. The summed E-state index contributed by atoms with van der Waals surface area (Å²) in [5, 5.41) is 35.0. The van der Waals surface area contributed by atoms with Crippen molar-refractivity contribution < 1.29 is 0 Å². The maximum atomic E-state index is 8.83. The van der Waals surface area contributed by atoms with Crippen LogP contribution in [0.2, 0.25) is 0 Å². The van der Waals surface area contributed by atoms with E-state index in [1.807, 2.05) is 0 Å². The van der Waals surface area contributed by atoms with Crippen LogP contribution in [0.15, 0.2) is 67.6 Å². The molecule has 8 nitrogen and oxygen atoms in total. The molecule has 0 aromatic heterocycles. The quantitative estimate of drug-likeness (QED) is 0.574. The van der Waals surface area contributed by atoms with Gasteiger partial charge >= 0.3 is 0 Å². The van der Waals surface area contributed by atoms with Gasteiger partial charge < -0.3 is 0 Å². The lowest BCUT2D eigenvalue weighted by molar-refractivity contribution is 0.994. The summed E-state index contributed by atoms with van der Waals surface area (Å²) >= 11 is 0. The largest absolute Gasteiger partial charge is 0.206 e. The highest BCUT2D eigenvalue weighted by atomic mass is 14.8.